The van der Waals surface area contributed by atoms with Crippen LogP contribution in [-0.2, 0) is 9.59 Å². The van der Waals surface area contributed by atoms with Crippen LogP contribution in [0.4, 0.5) is 4.79 Å². The lowest BCUT2D eigenvalue weighted by Crippen LogP contribution is -2.50. The van der Waals surface area contributed by atoms with Crippen molar-refractivity contribution in [2.45, 2.75) is 19.9 Å². The van der Waals surface area contributed by atoms with Crippen LogP contribution < -0.4 is 5.32 Å². The van der Waals surface area contributed by atoms with E-state index < -0.39 is 24.6 Å². The van der Waals surface area contributed by atoms with Crippen molar-refractivity contribution in [1.82, 2.24) is 15.1 Å². The van der Waals surface area contributed by atoms with Crippen LogP contribution in [0.5, 0.6) is 0 Å². The number of carbonyl (C=O) groups is 3. The zero-order valence-electron chi connectivity index (χ0n) is 11.4. The number of nitrogens with zero attached hydrogens (tertiary/aromatic N) is 2. The first kappa shape index (κ1) is 17.2. The molecule has 0 heterocycles. The third-order valence-electron chi connectivity index (χ3n) is 2.61. The summed E-state index contributed by atoms with van der Waals surface area (Å²) in [4.78, 5) is 36.6. The van der Waals surface area contributed by atoms with Crippen LogP contribution in [0, 0.1) is 0 Å². The number of urea groups is 1. The Morgan fingerprint density at radius 2 is 1.74 bits per heavy atom. The van der Waals surface area contributed by atoms with Gasteiger partial charge in [-0.3, -0.25) is 4.79 Å². The molecule has 0 aliphatic carbocycles. The van der Waals surface area contributed by atoms with Crippen molar-refractivity contribution >= 4 is 17.9 Å². The molecule has 0 aliphatic heterocycles. The summed E-state index contributed by atoms with van der Waals surface area (Å²) in [5, 5.41) is 19.6. The van der Waals surface area contributed by atoms with E-state index in [9.17, 15) is 14.4 Å². The second kappa shape index (κ2) is 8.30. The highest BCUT2D eigenvalue weighted by atomic mass is 16.4. The number of carboxylic acids is 1. The third kappa shape index (κ3) is 5.56. The summed E-state index contributed by atoms with van der Waals surface area (Å²) in [6.07, 6.45) is 0. The molecule has 8 heteroatoms. The molecule has 0 saturated carbocycles. The molecule has 0 fully saturated rings. The normalized spacial score (nSPS) is 11.6. The van der Waals surface area contributed by atoms with Crippen LogP contribution in [0.3, 0.4) is 0 Å². The zero-order valence-corrected chi connectivity index (χ0v) is 11.4. The minimum absolute atomic E-state index is 0.148. The zero-order chi connectivity index (χ0) is 15.0. The Hall–Kier alpha value is -1.83. The van der Waals surface area contributed by atoms with E-state index in [1.54, 1.807) is 4.90 Å². The van der Waals surface area contributed by atoms with E-state index in [4.69, 9.17) is 10.2 Å². The molecule has 1 atom stereocenters. The molecule has 0 aromatic rings. The number of hydrogen-bond donors (Lipinski definition) is 3. The van der Waals surface area contributed by atoms with Gasteiger partial charge in [-0.2, -0.15) is 0 Å². The Morgan fingerprint density at radius 1 is 1.21 bits per heavy atom. The number of carboxylic acid groups (broad SMARTS) is 1. The van der Waals surface area contributed by atoms with Crippen molar-refractivity contribution < 1.29 is 24.6 Å². The van der Waals surface area contributed by atoms with Gasteiger partial charge in [-0.15, -0.1) is 0 Å². The van der Waals surface area contributed by atoms with Crippen molar-refractivity contribution in [1.29, 1.82) is 0 Å². The highest BCUT2D eigenvalue weighted by Crippen LogP contribution is 1.94. The van der Waals surface area contributed by atoms with Gasteiger partial charge in [-0.05, 0) is 13.8 Å². The van der Waals surface area contributed by atoms with Gasteiger partial charge in [0.1, 0.15) is 6.54 Å². The Bertz CT molecular complexity index is 330. The lowest BCUT2D eigenvalue weighted by Gasteiger charge is -2.24. The molecule has 0 radical (unpaired) electrons. The first-order valence-electron chi connectivity index (χ1n) is 6.00. The number of nitrogens with one attached hydrogen (secondary N) is 1. The lowest BCUT2D eigenvalue weighted by molar-refractivity contribution is -0.140. The number of hydrogen-bond acceptors (Lipinski definition) is 4. The summed E-state index contributed by atoms with van der Waals surface area (Å²) in [7, 11) is 1.38. The minimum atomic E-state index is -1.38. The molecule has 0 bridgehead atoms. The van der Waals surface area contributed by atoms with Gasteiger partial charge in [-0.1, -0.05) is 0 Å². The number of aliphatic hydroxyl groups is 1. The summed E-state index contributed by atoms with van der Waals surface area (Å²) in [5.41, 5.74) is 0. The van der Waals surface area contributed by atoms with Crippen molar-refractivity contribution in [2.24, 2.45) is 0 Å². The summed E-state index contributed by atoms with van der Waals surface area (Å²) in [5.74, 6) is -1.56. The molecule has 8 nitrogen and oxygen atoms in total. The highest BCUT2D eigenvalue weighted by molar-refractivity contribution is 5.86. The van der Waals surface area contributed by atoms with Crippen LogP contribution in [0.2, 0.25) is 0 Å². The summed E-state index contributed by atoms with van der Waals surface area (Å²) < 4.78 is 0. The molecule has 0 aromatic carbocycles. The Balaban J connectivity index is 4.41. The fourth-order valence-corrected chi connectivity index (χ4v) is 1.40. The average molecular weight is 275 g/mol. The number of likely N-dealkylation sites (N-methyl/N-ethyl adjacent to an activating group) is 2. The maximum absolute atomic E-state index is 11.7. The molecule has 3 amide bonds. The van der Waals surface area contributed by atoms with Crippen LogP contribution in [-0.4, -0.2) is 77.3 Å². The van der Waals surface area contributed by atoms with Gasteiger partial charge >= 0.3 is 12.0 Å². The first-order chi connectivity index (χ1) is 8.87. The largest absolute Gasteiger partial charge is 0.480 e. The maximum Gasteiger partial charge on any atom is 0.328 e. The molecule has 110 valence electrons. The van der Waals surface area contributed by atoms with Crippen molar-refractivity contribution in [3.05, 3.63) is 0 Å². The molecule has 3 N–H and O–H groups in total. The van der Waals surface area contributed by atoms with Crippen LogP contribution in [0.25, 0.3) is 0 Å². The van der Waals surface area contributed by atoms with E-state index in [1.807, 2.05) is 13.8 Å². The summed E-state index contributed by atoms with van der Waals surface area (Å²) in [6.45, 7) is 3.88. The molecule has 0 rings (SSSR count). The van der Waals surface area contributed by atoms with Crippen LogP contribution >= 0.6 is 0 Å². The van der Waals surface area contributed by atoms with E-state index in [-0.39, 0.29) is 12.5 Å². The van der Waals surface area contributed by atoms with Crippen molar-refractivity contribution in [2.75, 3.05) is 33.3 Å². The van der Waals surface area contributed by atoms with Crippen molar-refractivity contribution in [3.8, 4) is 0 Å². The molecule has 0 aliphatic rings. The Labute approximate surface area is 112 Å². The smallest absolute Gasteiger partial charge is 0.328 e. The van der Waals surface area contributed by atoms with E-state index in [0.29, 0.717) is 13.1 Å². The summed E-state index contributed by atoms with van der Waals surface area (Å²) >= 11 is 0. The monoisotopic (exact) mass is 275 g/mol. The molecular formula is C11H21N3O5. The van der Waals surface area contributed by atoms with Gasteiger partial charge in [0.25, 0.3) is 0 Å². The fraction of sp³-hybridized carbons (Fsp3) is 0.727. The van der Waals surface area contributed by atoms with E-state index in [2.05, 4.69) is 5.32 Å². The minimum Gasteiger partial charge on any atom is -0.480 e. The van der Waals surface area contributed by atoms with Gasteiger partial charge in [0, 0.05) is 20.1 Å². The van der Waals surface area contributed by atoms with Gasteiger partial charge in [-0.25, -0.2) is 9.59 Å². The molecule has 0 unspecified atom stereocenters. The van der Waals surface area contributed by atoms with Gasteiger partial charge < -0.3 is 25.3 Å². The first-order valence-corrected chi connectivity index (χ1v) is 6.00. The Morgan fingerprint density at radius 3 is 2.11 bits per heavy atom. The predicted octanol–water partition coefficient (Wildman–Crippen LogP) is -1.06. The highest BCUT2D eigenvalue weighted by Gasteiger charge is 2.22. The second-order valence-electron chi connectivity index (χ2n) is 3.94. The quantitative estimate of drug-likeness (QED) is 0.548. The summed E-state index contributed by atoms with van der Waals surface area (Å²) in [6, 6.07) is -2.10. The van der Waals surface area contributed by atoms with Gasteiger partial charge in [0.15, 0.2) is 6.04 Å². The lowest BCUT2D eigenvalue weighted by atomic mass is 10.3. The van der Waals surface area contributed by atoms with Gasteiger partial charge in [0.2, 0.25) is 5.91 Å². The SMILES string of the molecule is CCN(CC)C(=O)CN(C)C(=O)N[C@H](CO)C(=O)O. The second-order valence-corrected chi connectivity index (χ2v) is 3.94. The molecule has 0 aromatic heterocycles. The molecule has 0 spiro atoms. The number of carbonyl (C=O) groups excluding carboxylic acids is 2. The third-order valence-corrected chi connectivity index (χ3v) is 2.61. The maximum atomic E-state index is 11.7. The Kier molecular flexibility index (Phi) is 7.50. The van der Waals surface area contributed by atoms with Gasteiger partial charge in [0.05, 0.1) is 6.61 Å². The van der Waals surface area contributed by atoms with Crippen LogP contribution in [0.15, 0.2) is 0 Å². The molecule has 0 saturated heterocycles. The number of aliphatic hydroxyl groups excluding tert-OH is 1. The number of aliphatic carboxylic acids is 1. The van der Waals surface area contributed by atoms with E-state index in [1.165, 1.54) is 7.05 Å². The van der Waals surface area contributed by atoms with Crippen molar-refractivity contribution in [3.63, 3.8) is 0 Å². The molecular weight excluding hydrogens is 254 g/mol. The van der Waals surface area contributed by atoms with E-state index in [0.717, 1.165) is 4.90 Å². The number of amides is 3. The molecule has 19 heavy (non-hydrogen) atoms. The predicted molar refractivity (Wildman–Crippen MR) is 67.6 cm³/mol. The fourth-order valence-electron chi connectivity index (χ4n) is 1.40. The number of rotatable bonds is 7. The van der Waals surface area contributed by atoms with E-state index >= 15 is 0 Å². The average Bonchev–Trinajstić information content (AvgIpc) is 2.36. The topological polar surface area (TPSA) is 110 Å². The van der Waals surface area contributed by atoms with Crippen LogP contribution in [0.1, 0.15) is 13.8 Å². The standard InChI is InChI=1S/C11H21N3O5/c1-4-14(5-2)9(16)6-13(3)11(19)12-8(7-15)10(17)18/h8,15H,4-7H2,1-3H3,(H,12,19)(H,17,18)/t8-/m1/s1.